The maximum absolute atomic E-state index is 10.6. The topological polar surface area (TPSA) is 38.7 Å². The summed E-state index contributed by atoms with van der Waals surface area (Å²) < 4.78 is 13.2. The van der Waals surface area contributed by atoms with Gasteiger partial charge in [0.2, 0.25) is 0 Å². The van der Waals surface area contributed by atoms with E-state index in [2.05, 4.69) is 63.4 Å². The van der Waals surface area contributed by atoms with Crippen molar-refractivity contribution in [2.75, 3.05) is 4.43 Å². The van der Waals surface area contributed by atoms with Crippen molar-refractivity contribution >= 4 is 30.9 Å². The van der Waals surface area contributed by atoms with E-state index < -0.39 is 14.4 Å². The zero-order valence-corrected chi connectivity index (χ0v) is 18.9. The molecule has 0 rings (SSSR count). The minimum absolute atomic E-state index is 0.108. The van der Waals surface area contributed by atoms with Gasteiger partial charge in [-0.05, 0) is 38.4 Å². The van der Waals surface area contributed by atoms with Crippen LogP contribution in [0, 0.1) is 0 Å². The molecule has 1 N–H and O–H groups in total. The van der Waals surface area contributed by atoms with Crippen molar-refractivity contribution in [3.8, 4) is 0 Å². The number of ether oxygens (including phenoxy) is 1. The zero-order chi connectivity index (χ0) is 17.6. The Morgan fingerprint density at radius 3 is 2.09 bits per heavy atom. The summed E-state index contributed by atoms with van der Waals surface area (Å²) >= 11 is 2.29. The van der Waals surface area contributed by atoms with Crippen molar-refractivity contribution in [1.82, 2.24) is 0 Å². The number of aliphatic hydroxyl groups excluding tert-OH is 1. The third-order valence-electron chi connectivity index (χ3n) is 4.41. The minimum atomic E-state index is -1.80. The third kappa shape index (κ3) is 8.08. The molecule has 0 fully saturated rings. The molecule has 0 amide bonds. The molecule has 0 bridgehead atoms. The molecule has 5 heteroatoms. The van der Waals surface area contributed by atoms with E-state index in [1.54, 1.807) is 0 Å². The summed E-state index contributed by atoms with van der Waals surface area (Å²) in [7, 11) is -1.80. The predicted molar refractivity (Wildman–Crippen MR) is 106 cm³/mol. The highest BCUT2D eigenvalue weighted by atomic mass is 127. The Hall–Kier alpha value is 0.827. The molecule has 0 spiro atoms. The largest absolute Gasteiger partial charge is 0.414 e. The monoisotopic (exact) mass is 444 g/mol. The van der Waals surface area contributed by atoms with Gasteiger partial charge in [0, 0.05) is 17.0 Å². The van der Waals surface area contributed by atoms with Crippen LogP contribution in [0.2, 0.25) is 18.1 Å². The molecule has 0 radical (unpaired) electrons. The van der Waals surface area contributed by atoms with Crippen LogP contribution in [-0.2, 0) is 9.16 Å². The van der Waals surface area contributed by atoms with E-state index >= 15 is 0 Å². The molecular formula is C17H37IO3Si. The second-order valence-corrected chi connectivity index (χ2v) is 13.6. The van der Waals surface area contributed by atoms with Gasteiger partial charge in [-0.15, -0.1) is 0 Å². The summed E-state index contributed by atoms with van der Waals surface area (Å²) in [4.78, 5) is 0. The van der Waals surface area contributed by atoms with E-state index in [1.807, 2.05) is 13.8 Å². The van der Waals surface area contributed by atoms with Gasteiger partial charge >= 0.3 is 0 Å². The molecule has 0 saturated heterocycles. The zero-order valence-electron chi connectivity index (χ0n) is 15.8. The van der Waals surface area contributed by atoms with Gasteiger partial charge in [-0.2, -0.15) is 0 Å². The summed E-state index contributed by atoms with van der Waals surface area (Å²) in [6.07, 6.45) is 2.44. The van der Waals surface area contributed by atoms with Crippen molar-refractivity contribution in [1.29, 1.82) is 0 Å². The maximum Gasteiger partial charge on any atom is 0.192 e. The second-order valence-electron chi connectivity index (χ2n) is 7.97. The maximum atomic E-state index is 10.6. The summed E-state index contributed by atoms with van der Waals surface area (Å²) in [5, 5.41) is 10.8. The Kier molecular flexibility index (Phi) is 10.3. The van der Waals surface area contributed by atoms with E-state index in [0.717, 1.165) is 17.3 Å². The van der Waals surface area contributed by atoms with E-state index in [1.165, 1.54) is 0 Å². The Balaban J connectivity index is 4.82. The molecule has 0 aromatic heterocycles. The smallest absolute Gasteiger partial charge is 0.192 e. The van der Waals surface area contributed by atoms with Gasteiger partial charge in [0.05, 0.1) is 18.3 Å². The number of halogens is 1. The van der Waals surface area contributed by atoms with Gasteiger partial charge in [-0.3, -0.25) is 0 Å². The first-order valence-electron chi connectivity index (χ1n) is 8.51. The number of hydrogen-bond donors (Lipinski definition) is 1. The molecule has 3 atom stereocenters. The molecule has 134 valence electrons. The van der Waals surface area contributed by atoms with Crippen LogP contribution in [0.5, 0.6) is 0 Å². The summed E-state index contributed by atoms with van der Waals surface area (Å²) in [6, 6.07) is 0. The van der Waals surface area contributed by atoms with E-state index in [0.29, 0.717) is 6.42 Å². The molecular weight excluding hydrogens is 407 g/mol. The van der Waals surface area contributed by atoms with Gasteiger partial charge < -0.3 is 14.3 Å². The van der Waals surface area contributed by atoms with Crippen LogP contribution in [0.3, 0.4) is 0 Å². The number of hydrogen-bond acceptors (Lipinski definition) is 3. The molecule has 0 heterocycles. The van der Waals surface area contributed by atoms with E-state index in [-0.39, 0.29) is 23.4 Å². The SMILES string of the molecule is CCC[C@H](C[C@@H](O)[C@@H](CI)OC(C)C)O[Si](C)(C)C(C)(C)C. The molecule has 0 aliphatic carbocycles. The third-order valence-corrected chi connectivity index (χ3v) is 9.81. The fourth-order valence-corrected chi connectivity index (χ4v) is 4.34. The minimum Gasteiger partial charge on any atom is -0.414 e. The molecule has 0 aliphatic heterocycles. The standard InChI is InChI=1S/C17H37IO3Si/c1-9-10-14(21-22(7,8)17(4,5)6)11-15(19)16(12-18)20-13(2)3/h13-16,19H,9-12H2,1-8H3/t14-,15-,16-/m1/s1. The van der Waals surface area contributed by atoms with Crippen LogP contribution >= 0.6 is 22.6 Å². The lowest BCUT2D eigenvalue weighted by atomic mass is 10.0. The summed E-state index contributed by atoms with van der Waals surface area (Å²) in [5.74, 6) is 0. The van der Waals surface area contributed by atoms with Gasteiger partial charge in [0.15, 0.2) is 8.32 Å². The van der Waals surface area contributed by atoms with Crippen molar-refractivity contribution in [2.24, 2.45) is 0 Å². The van der Waals surface area contributed by atoms with E-state index in [9.17, 15) is 5.11 Å². The number of aliphatic hydroxyl groups is 1. The predicted octanol–water partition coefficient (Wildman–Crippen LogP) is 5.16. The Morgan fingerprint density at radius 2 is 1.73 bits per heavy atom. The Labute approximate surface area is 152 Å². The van der Waals surface area contributed by atoms with E-state index in [4.69, 9.17) is 9.16 Å². The summed E-state index contributed by atoms with van der Waals surface area (Å²) in [5.41, 5.74) is 0. The molecule has 3 nitrogen and oxygen atoms in total. The Bertz CT molecular complexity index is 303. The molecule has 0 aromatic carbocycles. The van der Waals surface area contributed by atoms with Crippen molar-refractivity contribution in [3.63, 3.8) is 0 Å². The summed E-state index contributed by atoms with van der Waals surface area (Å²) in [6.45, 7) is 17.5. The van der Waals surface area contributed by atoms with Crippen LogP contribution in [-0.4, -0.2) is 42.3 Å². The van der Waals surface area contributed by atoms with Crippen LogP contribution < -0.4 is 0 Å². The second kappa shape index (κ2) is 9.96. The molecule has 0 aromatic rings. The highest BCUT2D eigenvalue weighted by molar-refractivity contribution is 14.1. The fourth-order valence-electron chi connectivity index (χ4n) is 2.14. The van der Waals surface area contributed by atoms with Crippen molar-refractivity contribution < 1.29 is 14.3 Å². The first-order chi connectivity index (χ1) is 9.94. The fraction of sp³-hybridized carbons (Fsp3) is 1.00. The van der Waals surface area contributed by atoms with Gasteiger partial charge in [-0.1, -0.05) is 56.7 Å². The van der Waals surface area contributed by atoms with Crippen molar-refractivity contribution in [2.45, 2.75) is 103 Å². The molecule has 0 unspecified atom stereocenters. The Morgan fingerprint density at radius 1 is 1.18 bits per heavy atom. The number of alkyl halides is 1. The lowest BCUT2D eigenvalue weighted by molar-refractivity contribution is -0.0645. The average molecular weight is 444 g/mol. The lowest BCUT2D eigenvalue weighted by Crippen LogP contribution is -2.45. The number of rotatable bonds is 10. The lowest BCUT2D eigenvalue weighted by Gasteiger charge is -2.40. The highest BCUT2D eigenvalue weighted by Gasteiger charge is 2.39. The van der Waals surface area contributed by atoms with Crippen LogP contribution in [0.15, 0.2) is 0 Å². The average Bonchev–Trinajstić information content (AvgIpc) is 2.33. The van der Waals surface area contributed by atoms with Crippen LogP contribution in [0.4, 0.5) is 0 Å². The van der Waals surface area contributed by atoms with Crippen molar-refractivity contribution in [3.05, 3.63) is 0 Å². The van der Waals surface area contributed by atoms with Crippen LogP contribution in [0.25, 0.3) is 0 Å². The van der Waals surface area contributed by atoms with Gasteiger partial charge in [-0.25, -0.2) is 0 Å². The first-order valence-corrected chi connectivity index (χ1v) is 12.9. The highest BCUT2D eigenvalue weighted by Crippen LogP contribution is 2.38. The van der Waals surface area contributed by atoms with Gasteiger partial charge in [0.1, 0.15) is 0 Å². The molecule has 0 aliphatic rings. The van der Waals surface area contributed by atoms with Gasteiger partial charge in [0.25, 0.3) is 0 Å². The molecule has 22 heavy (non-hydrogen) atoms. The first kappa shape index (κ1) is 22.8. The normalized spacial score (nSPS) is 17.6. The quantitative estimate of drug-likeness (QED) is 0.288. The molecule has 0 saturated carbocycles. The van der Waals surface area contributed by atoms with Crippen LogP contribution in [0.1, 0.15) is 60.8 Å².